The highest BCUT2D eigenvalue weighted by atomic mass is 16.6. The fourth-order valence-electron chi connectivity index (χ4n) is 1.98. The Hall–Kier alpha value is -2.10. The number of hydrogen-bond donors (Lipinski definition) is 5. The highest BCUT2D eigenvalue weighted by Gasteiger charge is 2.46. The van der Waals surface area contributed by atoms with Crippen LogP contribution in [-0.4, -0.2) is 50.2 Å². The topological polar surface area (TPSA) is 143 Å². The van der Waals surface area contributed by atoms with Crippen LogP contribution in [0.5, 0.6) is 0 Å². The zero-order valence-corrected chi connectivity index (χ0v) is 10.7. The minimum atomic E-state index is -1.39. The van der Waals surface area contributed by atoms with E-state index in [0.717, 1.165) is 4.57 Å². The molecule has 1 aromatic rings. The van der Waals surface area contributed by atoms with Crippen LogP contribution in [0.25, 0.3) is 0 Å². The number of aliphatic hydroxyl groups excluding tert-OH is 3. The first-order valence-corrected chi connectivity index (χ1v) is 5.88. The van der Waals surface area contributed by atoms with Gasteiger partial charge in [0.05, 0.1) is 0 Å². The molecule has 9 nitrogen and oxygen atoms in total. The molecule has 9 heteroatoms. The number of nitrogens with two attached hydrogens (primary N) is 1. The fourth-order valence-corrected chi connectivity index (χ4v) is 1.98. The summed E-state index contributed by atoms with van der Waals surface area (Å²) in [6.45, 7) is 0. The molecule has 0 aliphatic carbocycles. The van der Waals surface area contributed by atoms with Gasteiger partial charge in [0.15, 0.2) is 6.23 Å². The van der Waals surface area contributed by atoms with Crippen molar-refractivity contribution in [2.75, 3.05) is 12.8 Å². The van der Waals surface area contributed by atoms with Gasteiger partial charge in [0.2, 0.25) is 0 Å². The molecule has 1 saturated heterocycles. The second-order valence-corrected chi connectivity index (χ2v) is 4.33. The lowest BCUT2D eigenvalue weighted by atomic mass is 10.1. The van der Waals surface area contributed by atoms with Gasteiger partial charge in [-0.15, -0.1) is 0 Å². The monoisotopic (exact) mass is 284 g/mol. The van der Waals surface area contributed by atoms with Gasteiger partial charge in [-0.25, -0.2) is 4.79 Å². The highest BCUT2D eigenvalue weighted by Crippen LogP contribution is 2.31. The van der Waals surface area contributed by atoms with Crippen molar-refractivity contribution in [2.45, 2.75) is 24.5 Å². The maximum Gasteiger partial charge on any atom is 0.351 e. The van der Waals surface area contributed by atoms with Crippen LogP contribution in [0.4, 0.5) is 5.82 Å². The summed E-state index contributed by atoms with van der Waals surface area (Å²) < 4.78 is 6.33. The Balaban J connectivity index is 2.31. The van der Waals surface area contributed by atoms with Gasteiger partial charge in [-0.2, -0.15) is 4.98 Å². The first-order chi connectivity index (χ1) is 9.45. The summed E-state index contributed by atoms with van der Waals surface area (Å²) in [6, 6.07) is 1.36. The quantitative estimate of drug-likeness (QED) is 0.403. The van der Waals surface area contributed by atoms with Gasteiger partial charge in [-0.05, 0) is 6.07 Å². The van der Waals surface area contributed by atoms with Crippen molar-refractivity contribution in [1.82, 2.24) is 14.9 Å². The Morgan fingerprint density at radius 2 is 2.25 bits per heavy atom. The Morgan fingerprint density at radius 1 is 1.55 bits per heavy atom. The van der Waals surface area contributed by atoms with Crippen LogP contribution < -0.4 is 16.7 Å². The summed E-state index contributed by atoms with van der Waals surface area (Å²) >= 11 is 0. The summed E-state index contributed by atoms with van der Waals surface area (Å²) in [5.41, 5.74) is 4.65. The van der Waals surface area contributed by atoms with Crippen molar-refractivity contribution in [2.24, 2.45) is 0 Å². The maximum atomic E-state index is 11.7. The van der Waals surface area contributed by atoms with Crippen LogP contribution in [0.15, 0.2) is 29.0 Å². The summed E-state index contributed by atoms with van der Waals surface area (Å²) in [4.78, 5) is 15.2. The zero-order valence-electron chi connectivity index (χ0n) is 10.7. The Morgan fingerprint density at radius 3 is 2.85 bits per heavy atom. The third-order valence-electron chi connectivity index (χ3n) is 2.95. The van der Waals surface area contributed by atoms with Crippen molar-refractivity contribution in [1.29, 1.82) is 0 Å². The second-order valence-electron chi connectivity index (χ2n) is 4.33. The molecule has 110 valence electrons. The standard InChI is InChI=1S/C11H16N4O5/c1-13-4-5(16)9-7(17)8(18)10(20-9)15-3-2-6(12)14-11(15)19/h2-4,7-10,13,16-18H,1H3,(H2,12,14,19)/b5-4+/t7-,8+,9+,10+/m0/s1. The van der Waals surface area contributed by atoms with Crippen molar-refractivity contribution in [3.63, 3.8) is 0 Å². The van der Waals surface area contributed by atoms with Gasteiger partial charge in [0.1, 0.15) is 29.9 Å². The molecule has 0 amide bonds. The van der Waals surface area contributed by atoms with Crippen molar-refractivity contribution < 1.29 is 20.1 Å². The minimum Gasteiger partial charge on any atom is -0.508 e. The smallest absolute Gasteiger partial charge is 0.351 e. The molecule has 0 aromatic carbocycles. The fraction of sp³-hybridized carbons (Fsp3) is 0.455. The number of anilines is 1. The third kappa shape index (κ3) is 2.46. The molecule has 20 heavy (non-hydrogen) atoms. The van der Waals surface area contributed by atoms with Crippen LogP contribution in [0.1, 0.15) is 6.23 Å². The molecule has 0 saturated carbocycles. The Bertz CT molecular complexity index is 572. The predicted molar refractivity (Wildman–Crippen MR) is 68.6 cm³/mol. The van der Waals surface area contributed by atoms with E-state index in [4.69, 9.17) is 10.5 Å². The van der Waals surface area contributed by atoms with E-state index in [1.807, 2.05) is 0 Å². The molecule has 2 rings (SSSR count). The average molecular weight is 284 g/mol. The number of ether oxygens (including phenoxy) is 1. The Labute approximate surface area is 113 Å². The molecular formula is C11H16N4O5. The molecule has 0 unspecified atom stereocenters. The van der Waals surface area contributed by atoms with E-state index >= 15 is 0 Å². The highest BCUT2D eigenvalue weighted by molar-refractivity contribution is 5.23. The largest absolute Gasteiger partial charge is 0.508 e. The summed E-state index contributed by atoms with van der Waals surface area (Å²) in [6.07, 6.45) is -2.57. The SMILES string of the molecule is CN/C=C(/O)[C@H]1O[C@@H](n2ccc(N)nc2=O)[C@H](O)[C@@H]1O. The molecule has 6 N–H and O–H groups in total. The molecule has 0 radical (unpaired) electrons. The number of rotatable bonds is 3. The first-order valence-electron chi connectivity index (χ1n) is 5.88. The molecular weight excluding hydrogens is 268 g/mol. The van der Waals surface area contributed by atoms with Gasteiger partial charge >= 0.3 is 5.69 Å². The predicted octanol–water partition coefficient (Wildman–Crippen LogP) is -1.94. The molecule has 1 aliphatic rings. The van der Waals surface area contributed by atoms with Gasteiger partial charge < -0.3 is 31.1 Å². The maximum absolute atomic E-state index is 11.7. The lowest BCUT2D eigenvalue weighted by molar-refractivity contribution is -0.0390. The normalized spacial score (nSPS) is 30.4. The molecule has 1 fully saturated rings. The number of nitrogens with zero attached hydrogens (tertiary/aromatic N) is 2. The van der Waals surface area contributed by atoms with E-state index in [2.05, 4.69) is 10.3 Å². The van der Waals surface area contributed by atoms with E-state index in [1.165, 1.54) is 18.5 Å². The molecule has 0 spiro atoms. The summed E-state index contributed by atoms with van der Waals surface area (Å²) in [5.74, 6) is -0.258. The van der Waals surface area contributed by atoms with Crippen molar-refractivity contribution in [3.05, 3.63) is 34.7 Å². The van der Waals surface area contributed by atoms with Gasteiger partial charge in [0.25, 0.3) is 0 Å². The van der Waals surface area contributed by atoms with Gasteiger partial charge in [-0.1, -0.05) is 0 Å². The summed E-state index contributed by atoms with van der Waals surface area (Å²) in [7, 11) is 1.56. The molecule has 0 bridgehead atoms. The van der Waals surface area contributed by atoms with Crippen LogP contribution in [0, 0.1) is 0 Å². The summed E-state index contributed by atoms with van der Waals surface area (Å²) in [5, 5.41) is 32.1. The van der Waals surface area contributed by atoms with E-state index in [9.17, 15) is 20.1 Å². The molecule has 2 heterocycles. The van der Waals surface area contributed by atoms with E-state index < -0.39 is 30.2 Å². The second kappa shape index (κ2) is 5.49. The lowest BCUT2D eigenvalue weighted by Crippen LogP contribution is -2.35. The zero-order chi connectivity index (χ0) is 14.9. The number of nitrogens with one attached hydrogen (secondary N) is 1. The van der Waals surface area contributed by atoms with Crippen LogP contribution in [0.3, 0.4) is 0 Å². The van der Waals surface area contributed by atoms with Gasteiger partial charge in [-0.3, -0.25) is 4.57 Å². The molecule has 1 aromatic heterocycles. The molecule has 1 aliphatic heterocycles. The van der Waals surface area contributed by atoms with Crippen molar-refractivity contribution >= 4 is 5.82 Å². The number of aliphatic hydroxyl groups is 3. The van der Waals surface area contributed by atoms with Crippen LogP contribution in [0.2, 0.25) is 0 Å². The number of nitrogen functional groups attached to an aromatic ring is 1. The van der Waals surface area contributed by atoms with Crippen LogP contribution >= 0.6 is 0 Å². The number of aromatic nitrogens is 2. The minimum absolute atomic E-state index is 0.0359. The van der Waals surface area contributed by atoms with E-state index in [0.29, 0.717) is 0 Å². The van der Waals surface area contributed by atoms with Crippen molar-refractivity contribution in [3.8, 4) is 0 Å². The Kier molecular flexibility index (Phi) is 3.93. The molecule has 4 atom stereocenters. The average Bonchev–Trinajstić information content (AvgIpc) is 2.67. The van der Waals surface area contributed by atoms with E-state index in [1.54, 1.807) is 7.05 Å². The van der Waals surface area contributed by atoms with Crippen LogP contribution in [-0.2, 0) is 4.74 Å². The lowest BCUT2D eigenvalue weighted by Gasteiger charge is -2.16. The number of hydrogen-bond acceptors (Lipinski definition) is 8. The third-order valence-corrected chi connectivity index (χ3v) is 2.95. The van der Waals surface area contributed by atoms with Gasteiger partial charge in [0, 0.05) is 19.4 Å². The van der Waals surface area contributed by atoms with E-state index in [-0.39, 0.29) is 11.6 Å². The first kappa shape index (κ1) is 14.3.